The van der Waals surface area contributed by atoms with E-state index in [-0.39, 0.29) is 29.8 Å². The summed E-state index contributed by atoms with van der Waals surface area (Å²) < 4.78 is 32.7. The first-order chi connectivity index (χ1) is 13.8. The van der Waals surface area contributed by atoms with Gasteiger partial charge in [-0.15, -0.1) is 0 Å². The molecular weight excluding hydrogens is 435 g/mol. The van der Waals surface area contributed by atoms with Crippen LogP contribution < -0.4 is 4.74 Å². The van der Waals surface area contributed by atoms with Crippen LogP contribution in [0.4, 0.5) is 0 Å². The van der Waals surface area contributed by atoms with Gasteiger partial charge in [0.1, 0.15) is 12.4 Å². The summed E-state index contributed by atoms with van der Waals surface area (Å²) in [5.41, 5.74) is 0.922. The van der Waals surface area contributed by atoms with Crippen molar-refractivity contribution in [1.82, 2.24) is 9.21 Å². The van der Waals surface area contributed by atoms with Crippen molar-refractivity contribution in [2.24, 2.45) is 5.92 Å². The second-order valence-electron chi connectivity index (χ2n) is 7.15. The summed E-state index contributed by atoms with van der Waals surface area (Å²) >= 11 is 11.9. The van der Waals surface area contributed by atoms with Crippen LogP contribution in [0, 0.1) is 5.92 Å². The lowest BCUT2D eigenvalue weighted by Crippen LogP contribution is -2.52. The maximum atomic E-state index is 12.9. The van der Waals surface area contributed by atoms with Gasteiger partial charge in [-0.25, -0.2) is 8.42 Å². The molecule has 2 aliphatic rings. The monoisotopic (exact) mass is 454 g/mol. The van der Waals surface area contributed by atoms with Crippen molar-refractivity contribution in [3.8, 4) is 5.75 Å². The number of carbonyl (C=O) groups excluding carboxylic acids is 1. The molecule has 0 saturated carbocycles. The fraction of sp³-hybridized carbons (Fsp3) is 0.350. The van der Waals surface area contributed by atoms with Gasteiger partial charge in [0.05, 0.1) is 10.8 Å². The molecule has 0 aliphatic carbocycles. The van der Waals surface area contributed by atoms with Crippen LogP contribution in [0.25, 0.3) is 0 Å². The van der Waals surface area contributed by atoms with Crippen LogP contribution in [0.5, 0.6) is 5.75 Å². The van der Waals surface area contributed by atoms with Gasteiger partial charge in [-0.3, -0.25) is 4.79 Å². The van der Waals surface area contributed by atoms with Crippen LogP contribution in [0.3, 0.4) is 0 Å². The van der Waals surface area contributed by atoms with Crippen LogP contribution in [0.1, 0.15) is 5.56 Å². The van der Waals surface area contributed by atoms with Crippen LogP contribution in [0.2, 0.25) is 10.0 Å². The molecule has 4 rings (SSSR count). The lowest BCUT2D eigenvalue weighted by Gasteiger charge is -2.36. The number of benzene rings is 2. The van der Waals surface area contributed by atoms with Crippen molar-refractivity contribution in [1.29, 1.82) is 0 Å². The molecule has 0 unspecified atom stereocenters. The standard InChI is InChI=1S/C20H20Cl2N2O4S/c21-16-1-4-18(5-2-16)29(26,27)24-9-7-23(8-10-24)20(25)15-11-14-12-17(22)3-6-19(14)28-13-15/h1-6,12,15H,7-11,13H2/t15-/m0/s1. The Labute approximate surface area is 180 Å². The van der Waals surface area contributed by atoms with Gasteiger partial charge in [-0.1, -0.05) is 23.2 Å². The Morgan fingerprint density at radius 3 is 2.31 bits per heavy atom. The number of rotatable bonds is 3. The molecule has 1 amide bonds. The third kappa shape index (κ3) is 4.23. The zero-order valence-electron chi connectivity index (χ0n) is 15.6. The Morgan fingerprint density at radius 1 is 0.966 bits per heavy atom. The topological polar surface area (TPSA) is 66.9 Å². The molecule has 2 aliphatic heterocycles. The van der Waals surface area contributed by atoms with Crippen molar-refractivity contribution >= 4 is 39.1 Å². The summed E-state index contributed by atoms with van der Waals surface area (Å²) in [6, 6.07) is 11.5. The Balaban J connectivity index is 1.39. The van der Waals surface area contributed by atoms with Gasteiger partial charge in [-0.05, 0) is 54.4 Å². The number of hydrogen-bond donors (Lipinski definition) is 0. The summed E-state index contributed by atoms with van der Waals surface area (Å²) in [6.07, 6.45) is 0.567. The number of fused-ring (bicyclic) bond motifs is 1. The van der Waals surface area contributed by atoms with Gasteiger partial charge in [0.25, 0.3) is 0 Å². The highest BCUT2D eigenvalue weighted by Crippen LogP contribution is 2.31. The van der Waals surface area contributed by atoms with Crippen LogP contribution in [-0.2, 0) is 21.2 Å². The van der Waals surface area contributed by atoms with Crippen LogP contribution >= 0.6 is 23.2 Å². The Bertz CT molecular complexity index is 1020. The van der Waals surface area contributed by atoms with Gasteiger partial charge in [0.2, 0.25) is 15.9 Å². The second kappa shape index (κ2) is 8.14. The average Bonchev–Trinajstić information content (AvgIpc) is 2.73. The number of amides is 1. The average molecular weight is 455 g/mol. The van der Waals surface area contributed by atoms with Crippen LogP contribution in [0.15, 0.2) is 47.4 Å². The largest absolute Gasteiger partial charge is 0.492 e. The predicted octanol–water partition coefficient (Wildman–Crippen LogP) is 3.08. The van der Waals surface area contributed by atoms with E-state index in [0.717, 1.165) is 11.3 Å². The molecule has 1 fully saturated rings. The van der Waals surface area contributed by atoms with Gasteiger partial charge < -0.3 is 9.64 Å². The molecule has 29 heavy (non-hydrogen) atoms. The predicted molar refractivity (Wildman–Crippen MR) is 111 cm³/mol. The minimum atomic E-state index is -3.60. The van der Waals surface area contributed by atoms with Crippen molar-refractivity contribution in [3.05, 3.63) is 58.1 Å². The molecule has 6 nitrogen and oxygen atoms in total. The van der Waals surface area contributed by atoms with Gasteiger partial charge >= 0.3 is 0 Å². The maximum absolute atomic E-state index is 12.9. The summed E-state index contributed by atoms with van der Waals surface area (Å²) in [7, 11) is -3.60. The maximum Gasteiger partial charge on any atom is 0.243 e. The van der Waals surface area contributed by atoms with E-state index >= 15 is 0 Å². The smallest absolute Gasteiger partial charge is 0.243 e. The van der Waals surface area contributed by atoms with E-state index in [4.69, 9.17) is 27.9 Å². The van der Waals surface area contributed by atoms with E-state index in [1.54, 1.807) is 23.1 Å². The SMILES string of the molecule is O=C([C@@H]1COc2ccc(Cl)cc2C1)N1CCN(S(=O)(=O)c2ccc(Cl)cc2)CC1. The highest BCUT2D eigenvalue weighted by molar-refractivity contribution is 7.89. The summed E-state index contributed by atoms with van der Waals surface area (Å²) in [4.78, 5) is 14.9. The quantitative estimate of drug-likeness (QED) is 0.714. The second-order valence-corrected chi connectivity index (χ2v) is 9.96. The molecule has 154 valence electrons. The number of ether oxygens (including phenoxy) is 1. The summed E-state index contributed by atoms with van der Waals surface area (Å²) in [5.74, 6) is 0.455. The van der Waals surface area contributed by atoms with Crippen molar-refractivity contribution in [3.63, 3.8) is 0 Å². The summed E-state index contributed by atoms with van der Waals surface area (Å²) in [6.45, 7) is 1.53. The highest BCUT2D eigenvalue weighted by atomic mass is 35.5. The zero-order valence-corrected chi connectivity index (χ0v) is 17.9. The molecule has 9 heteroatoms. The van der Waals surface area contributed by atoms with E-state index in [1.807, 2.05) is 12.1 Å². The minimum Gasteiger partial charge on any atom is -0.492 e. The highest BCUT2D eigenvalue weighted by Gasteiger charge is 2.34. The first-order valence-electron chi connectivity index (χ1n) is 9.30. The summed E-state index contributed by atoms with van der Waals surface area (Å²) in [5, 5.41) is 1.10. The molecule has 2 aromatic carbocycles. The Hall–Kier alpha value is -1.80. The molecule has 1 atom stereocenters. The lowest BCUT2D eigenvalue weighted by molar-refractivity contribution is -0.138. The number of nitrogens with zero attached hydrogens (tertiary/aromatic N) is 2. The van der Waals surface area contributed by atoms with E-state index in [2.05, 4.69) is 0 Å². The van der Waals surface area contributed by atoms with Crippen molar-refractivity contribution in [2.45, 2.75) is 11.3 Å². The van der Waals surface area contributed by atoms with Gasteiger partial charge in [0, 0.05) is 36.2 Å². The molecule has 0 spiro atoms. The molecule has 0 bridgehead atoms. The molecule has 1 saturated heterocycles. The van der Waals surface area contributed by atoms with E-state index < -0.39 is 10.0 Å². The number of piperazine rings is 1. The van der Waals surface area contributed by atoms with E-state index in [1.165, 1.54) is 16.4 Å². The van der Waals surface area contributed by atoms with E-state index in [0.29, 0.717) is 36.2 Å². The third-order valence-electron chi connectivity index (χ3n) is 5.28. The number of halogens is 2. The fourth-order valence-corrected chi connectivity index (χ4v) is 5.43. The number of carbonyl (C=O) groups is 1. The molecule has 2 heterocycles. The fourth-order valence-electron chi connectivity index (χ4n) is 3.68. The number of sulfonamides is 1. The van der Waals surface area contributed by atoms with Gasteiger partial charge in [-0.2, -0.15) is 4.31 Å². The normalized spacial score (nSPS) is 20.1. The van der Waals surface area contributed by atoms with Gasteiger partial charge in [0.15, 0.2) is 0 Å². The Morgan fingerprint density at radius 2 is 1.62 bits per heavy atom. The zero-order chi connectivity index (χ0) is 20.6. The lowest BCUT2D eigenvalue weighted by atomic mass is 9.95. The minimum absolute atomic E-state index is 0.0147. The third-order valence-corrected chi connectivity index (χ3v) is 7.68. The molecule has 0 aromatic heterocycles. The van der Waals surface area contributed by atoms with Crippen LogP contribution in [-0.4, -0.2) is 56.3 Å². The first-order valence-corrected chi connectivity index (χ1v) is 11.5. The molecular formula is C20H20Cl2N2O4S. The van der Waals surface area contributed by atoms with Crippen molar-refractivity contribution < 1.29 is 17.9 Å². The Kier molecular flexibility index (Phi) is 5.75. The number of hydrogen-bond acceptors (Lipinski definition) is 4. The molecule has 2 aromatic rings. The van der Waals surface area contributed by atoms with Crippen molar-refractivity contribution in [2.75, 3.05) is 32.8 Å². The molecule has 0 N–H and O–H groups in total. The molecule has 0 radical (unpaired) electrons. The first kappa shape index (κ1) is 20.5. The van der Waals surface area contributed by atoms with E-state index in [9.17, 15) is 13.2 Å².